The summed E-state index contributed by atoms with van der Waals surface area (Å²) >= 11 is 0. The van der Waals surface area contributed by atoms with Crippen LogP contribution in [0.5, 0.6) is 0 Å². The summed E-state index contributed by atoms with van der Waals surface area (Å²) in [4.78, 5) is 28.9. The van der Waals surface area contributed by atoms with Crippen molar-refractivity contribution in [3.05, 3.63) is 51.4 Å². The predicted octanol–water partition coefficient (Wildman–Crippen LogP) is 2.83. The van der Waals surface area contributed by atoms with Crippen molar-refractivity contribution < 1.29 is 4.79 Å². The lowest BCUT2D eigenvalue weighted by Crippen LogP contribution is -2.34. The highest BCUT2D eigenvalue weighted by molar-refractivity contribution is 5.76. The Morgan fingerprint density at radius 2 is 1.80 bits per heavy atom. The van der Waals surface area contributed by atoms with Crippen molar-refractivity contribution in [2.45, 2.75) is 47.1 Å². The maximum atomic E-state index is 12.4. The summed E-state index contributed by atoms with van der Waals surface area (Å²) in [6, 6.07) is 7.47. The van der Waals surface area contributed by atoms with E-state index in [1.807, 2.05) is 26.0 Å². The number of hydrogen-bond donors (Lipinski definition) is 2. The third-order valence-electron chi connectivity index (χ3n) is 3.77. The number of aromatic nitrogens is 2. The van der Waals surface area contributed by atoms with Gasteiger partial charge in [0.05, 0.1) is 0 Å². The molecule has 134 valence electrons. The van der Waals surface area contributed by atoms with Gasteiger partial charge in [-0.2, -0.15) is 0 Å². The van der Waals surface area contributed by atoms with E-state index < -0.39 is 0 Å². The van der Waals surface area contributed by atoms with Gasteiger partial charge in [0.2, 0.25) is 11.9 Å². The molecule has 25 heavy (non-hydrogen) atoms. The Kier molecular flexibility index (Phi) is 6.33. The van der Waals surface area contributed by atoms with Crippen LogP contribution in [0.1, 0.15) is 36.6 Å². The SMILES string of the molecule is CCCCNC(=O)Cn1c(Nc2cc(C)cc(C)c2)nc(C)cc1=O. The Hall–Kier alpha value is -2.63. The molecule has 6 heteroatoms. The monoisotopic (exact) mass is 342 g/mol. The van der Waals surface area contributed by atoms with Gasteiger partial charge in [-0.25, -0.2) is 4.98 Å². The number of amides is 1. The van der Waals surface area contributed by atoms with E-state index in [0.29, 0.717) is 18.2 Å². The molecular formula is C19H26N4O2. The third-order valence-corrected chi connectivity index (χ3v) is 3.77. The summed E-state index contributed by atoms with van der Waals surface area (Å²) in [5, 5.41) is 6.01. The Morgan fingerprint density at radius 3 is 2.44 bits per heavy atom. The van der Waals surface area contributed by atoms with Crippen LogP contribution in [0, 0.1) is 20.8 Å². The summed E-state index contributed by atoms with van der Waals surface area (Å²) < 4.78 is 1.37. The van der Waals surface area contributed by atoms with E-state index in [1.54, 1.807) is 6.92 Å². The van der Waals surface area contributed by atoms with E-state index >= 15 is 0 Å². The molecule has 2 N–H and O–H groups in total. The van der Waals surface area contributed by atoms with Crippen LogP contribution in [0.2, 0.25) is 0 Å². The normalized spacial score (nSPS) is 10.6. The van der Waals surface area contributed by atoms with Crippen LogP contribution in [-0.2, 0) is 11.3 Å². The van der Waals surface area contributed by atoms with Gasteiger partial charge in [-0.3, -0.25) is 14.2 Å². The van der Waals surface area contributed by atoms with Gasteiger partial charge in [-0.05, 0) is 50.5 Å². The fraction of sp³-hybridized carbons (Fsp3) is 0.421. The average Bonchev–Trinajstić information content (AvgIpc) is 2.50. The summed E-state index contributed by atoms with van der Waals surface area (Å²) in [7, 11) is 0. The second-order valence-corrected chi connectivity index (χ2v) is 6.35. The van der Waals surface area contributed by atoms with Crippen LogP contribution < -0.4 is 16.2 Å². The highest BCUT2D eigenvalue weighted by Crippen LogP contribution is 2.18. The third kappa shape index (κ3) is 5.45. The molecule has 0 atom stereocenters. The van der Waals surface area contributed by atoms with Crippen LogP contribution >= 0.6 is 0 Å². The Morgan fingerprint density at radius 1 is 1.12 bits per heavy atom. The maximum Gasteiger partial charge on any atom is 0.255 e. The van der Waals surface area contributed by atoms with Gasteiger partial charge < -0.3 is 10.6 Å². The summed E-state index contributed by atoms with van der Waals surface area (Å²) in [6.07, 6.45) is 1.92. The van der Waals surface area contributed by atoms with Gasteiger partial charge in [0.1, 0.15) is 6.54 Å². The minimum atomic E-state index is -0.245. The van der Waals surface area contributed by atoms with Crippen LogP contribution in [0.15, 0.2) is 29.1 Å². The molecule has 0 aliphatic carbocycles. The molecule has 1 amide bonds. The van der Waals surface area contributed by atoms with Gasteiger partial charge in [0.25, 0.3) is 5.56 Å². The van der Waals surface area contributed by atoms with E-state index in [0.717, 1.165) is 29.7 Å². The van der Waals surface area contributed by atoms with Crippen molar-refractivity contribution in [2.75, 3.05) is 11.9 Å². The number of hydrogen-bond acceptors (Lipinski definition) is 4. The van der Waals surface area contributed by atoms with Crippen molar-refractivity contribution >= 4 is 17.5 Å². The van der Waals surface area contributed by atoms with Crippen molar-refractivity contribution in [1.82, 2.24) is 14.9 Å². The van der Waals surface area contributed by atoms with Crippen molar-refractivity contribution in [3.8, 4) is 0 Å². The molecular weight excluding hydrogens is 316 g/mol. The van der Waals surface area contributed by atoms with Crippen molar-refractivity contribution in [2.24, 2.45) is 0 Å². The zero-order chi connectivity index (χ0) is 18.4. The number of carbonyl (C=O) groups is 1. The Balaban J connectivity index is 2.27. The van der Waals surface area contributed by atoms with E-state index in [4.69, 9.17) is 0 Å². The smallest absolute Gasteiger partial charge is 0.255 e. The number of benzene rings is 1. The van der Waals surface area contributed by atoms with Crippen LogP contribution in [0.3, 0.4) is 0 Å². The van der Waals surface area contributed by atoms with Gasteiger partial charge >= 0.3 is 0 Å². The quantitative estimate of drug-likeness (QED) is 0.759. The fourth-order valence-electron chi connectivity index (χ4n) is 2.65. The predicted molar refractivity (Wildman–Crippen MR) is 100 cm³/mol. The first-order chi connectivity index (χ1) is 11.9. The molecule has 0 fully saturated rings. The average molecular weight is 342 g/mol. The zero-order valence-corrected chi connectivity index (χ0v) is 15.3. The first-order valence-electron chi connectivity index (χ1n) is 8.59. The lowest BCUT2D eigenvalue weighted by molar-refractivity contribution is -0.121. The first-order valence-corrected chi connectivity index (χ1v) is 8.59. The molecule has 0 spiro atoms. The topological polar surface area (TPSA) is 76.0 Å². The zero-order valence-electron chi connectivity index (χ0n) is 15.3. The second kappa shape index (κ2) is 8.46. The van der Waals surface area contributed by atoms with E-state index in [2.05, 4.69) is 28.6 Å². The molecule has 0 saturated heterocycles. The number of carbonyl (C=O) groups excluding carboxylic acids is 1. The minimum absolute atomic E-state index is 0.0526. The molecule has 0 radical (unpaired) electrons. The summed E-state index contributed by atoms with van der Waals surface area (Å²) in [5.74, 6) is 0.185. The molecule has 0 saturated carbocycles. The molecule has 0 aliphatic heterocycles. The summed E-state index contributed by atoms with van der Waals surface area (Å²) in [5.41, 5.74) is 3.43. The largest absolute Gasteiger partial charge is 0.355 e. The van der Waals surface area contributed by atoms with Gasteiger partial charge in [0.15, 0.2) is 0 Å². The second-order valence-electron chi connectivity index (χ2n) is 6.35. The molecule has 1 aromatic carbocycles. The van der Waals surface area contributed by atoms with Gasteiger partial charge in [-0.1, -0.05) is 19.4 Å². The number of aryl methyl sites for hydroxylation is 3. The van der Waals surface area contributed by atoms with Crippen LogP contribution in [0.25, 0.3) is 0 Å². The number of anilines is 2. The minimum Gasteiger partial charge on any atom is -0.355 e. The molecule has 0 unspecified atom stereocenters. The highest BCUT2D eigenvalue weighted by Gasteiger charge is 2.12. The fourth-order valence-corrected chi connectivity index (χ4v) is 2.65. The number of unbranched alkanes of at least 4 members (excludes halogenated alkanes) is 1. The van der Waals surface area contributed by atoms with E-state index in [1.165, 1.54) is 10.6 Å². The molecule has 0 bridgehead atoms. The summed E-state index contributed by atoms with van der Waals surface area (Å²) in [6.45, 7) is 8.41. The Labute approximate surface area is 148 Å². The molecule has 1 aromatic heterocycles. The standard InChI is InChI=1S/C19H26N4O2/c1-5-6-7-20-17(24)12-23-18(25)11-15(4)21-19(23)22-16-9-13(2)8-14(3)10-16/h8-11H,5-7,12H2,1-4H3,(H,20,24)(H,21,22). The van der Waals surface area contributed by atoms with Crippen LogP contribution in [-0.4, -0.2) is 22.0 Å². The number of nitrogens with one attached hydrogen (secondary N) is 2. The molecule has 0 aliphatic rings. The number of nitrogens with zero attached hydrogens (tertiary/aromatic N) is 2. The molecule has 2 rings (SSSR count). The van der Waals surface area contributed by atoms with Gasteiger partial charge in [-0.15, -0.1) is 0 Å². The van der Waals surface area contributed by atoms with Crippen molar-refractivity contribution in [1.29, 1.82) is 0 Å². The molecule has 6 nitrogen and oxygen atoms in total. The van der Waals surface area contributed by atoms with E-state index in [9.17, 15) is 9.59 Å². The molecule has 1 heterocycles. The van der Waals surface area contributed by atoms with Gasteiger partial charge in [0, 0.05) is 24.0 Å². The lowest BCUT2D eigenvalue weighted by Gasteiger charge is -2.15. The van der Waals surface area contributed by atoms with Crippen LogP contribution in [0.4, 0.5) is 11.6 Å². The molecule has 2 aromatic rings. The first kappa shape index (κ1) is 18.7. The highest BCUT2D eigenvalue weighted by atomic mass is 16.2. The Bertz CT molecular complexity index is 791. The van der Waals surface area contributed by atoms with E-state index in [-0.39, 0.29) is 18.0 Å². The number of rotatable bonds is 7. The maximum absolute atomic E-state index is 12.4. The van der Waals surface area contributed by atoms with Crippen molar-refractivity contribution in [3.63, 3.8) is 0 Å². The lowest BCUT2D eigenvalue weighted by atomic mass is 10.1.